The van der Waals surface area contributed by atoms with E-state index in [0.29, 0.717) is 6.07 Å². The van der Waals surface area contributed by atoms with Gasteiger partial charge >= 0.3 is 0 Å². The van der Waals surface area contributed by atoms with Crippen LogP contribution in [0.15, 0.2) is 35.7 Å². The fourth-order valence-electron chi connectivity index (χ4n) is 1.59. The number of benzene rings is 1. The monoisotopic (exact) mass is 340 g/mol. The van der Waals surface area contributed by atoms with Crippen molar-refractivity contribution in [2.75, 3.05) is 11.9 Å². The van der Waals surface area contributed by atoms with E-state index in [0.717, 1.165) is 10.9 Å². The molecule has 1 aromatic heterocycles. The van der Waals surface area contributed by atoms with Crippen molar-refractivity contribution in [1.29, 1.82) is 0 Å². The summed E-state index contributed by atoms with van der Waals surface area (Å²) in [5.41, 5.74) is -0.503. The van der Waals surface area contributed by atoms with Gasteiger partial charge in [0.2, 0.25) is 11.8 Å². The normalized spacial score (nSPS) is 10.7. The van der Waals surface area contributed by atoms with Crippen LogP contribution in [-0.4, -0.2) is 18.4 Å². The quantitative estimate of drug-likeness (QED) is 0.649. The molecule has 0 unspecified atom stereocenters. The smallest absolute Gasteiger partial charge is 0.244 e. The third-order valence-corrected chi connectivity index (χ3v) is 3.51. The zero-order valence-electron chi connectivity index (χ0n) is 11.6. The van der Waals surface area contributed by atoms with Gasteiger partial charge in [-0.15, -0.1) is 11.3 Å². The van der Waals surface area contributed by atoms with Crippen molar-refractivity contribution >= 4 is 34.9 Å². The highest BCUT2D eigenvalue weighted by molar-refractivity contribution is 7.10. The molecule has 0 spiro atoms. The van der Waals surface area contributed by atoms with Crippen LogP contribution in [0.5, 0.6) is 0 Å². The number of hydrogen-bond acceptors (Lipinski definition) is 3. The topological polar surface area (TPSA) is 58.2 Å². The highest BCUT2D eigenvalue weighted by atomic mass is 32.1. The lowest BCUT2D eigenvalue weighted by Crippen LogP contribution is -2.32. The number of carbonyl (C=O) groups excluding carboxylic acids is 2. The molecule has 1 aromatic carbocycles. The van der Waals surface area contributed by atoms with Crippen LogP contribution in [0.1, 0.15) is 4.88 Å². The molecule has 0 radical (unpaired) electrons. The summed E-state index contributed by atoms with van der Waals surface area (Å²) >= 11 is 1.44. The molecular formula is C15H11F3N2O2S. The first-order chi connectivity index (χ1) is 11.0. The van der Waals surface area contributed by atoms with Gasteiger partial charge in [0.25, 0.3) is 0 Å². The minimum Gasteiger partial charge on any atom is -0.343 e. The standard InChI is InChI=1S/C15H11F3N2O2S/c16-10-4-5-11(15(18)14(10)17)20-13(22)8-19-12(21)6-3-9-2-1-7-23-9/h1-7H,8H2,(H,19,21)(H,20,22)/b6-3+. The Morgan fingerprint density at radius 2 is 1.91 bits per heavy atom. The second-order valence-corrected chi connectivity index (χ2v) is 5.32. The van der Waals surface area contributed by atoms with Gasteiger partial charge in [0, 0.05) is 11.0 Å². The predicted molar refractivity (Wildman–Crippen MR) is 81.3 cm³/mol. The molecule has 0 aliphatic carbocycles. The third-order valence-electron chi connectivity index (χ3n) is 2.67. The predicted octanol–water partition coefficient (Wildman–Crippen LogP) is 2.93. The van der Waals surface area contributed by atoms with Crippen LogP contribution in [0.2, 0.25) is 0 Å². The average Bonchev–Trinajstić information content (AvgIpc) is 3.05. The molecule has 2 rings (SSSR count). The van der Waals surface area contributed by atoms with Gasteiger partial charge < -0.3 is 10.6 Å². The molecule has 0 saturated carbocycles. The highest BCUT2D eigenvalue weighted by Gasteiger charge is 2.15. The van der Waals surface area contributed by atoms with Crippen LogP contribution in [-0.2, 0) is 9.59 Å². The van der Waals surface area contributed by atoms with Crippen LogP contribution in [0.4, 0.5) is 18.9 Å². The molecule has 120 valence electrons. The zero-order valence-corrected chi connectivity index (χ0v) is 12.4. The average molecular weight is 340 g/mol. The molecule has 8 heteroatoms. The summed E-state index contributed by atoms with van der Waals surface area (Å²) < 4.78 is 39.1. The number of hydrogen-bond donors (Lipinski definition) is 2. The summed E-state index contributed by atoms with van der Waals surface area (Å²) in [4.78, 5) is 23.9. The molecule has 0 aliphatic rings. The van der Waals surface area contributed by atoms with E-state index < -0.39 is 41.5 Å². The minimum absolute atomic E-state index is 0.438. The largest absolute Gasteiger partial charge is 0.343 e. The summed E-state index contributed by atoms with van der Waals surface area (Å²) in [6.07, 6.45) is 2.82. The van der Waals surface area contributed by atoms with Crippen LogP contribution in [0.25, 0.3) is 6.08 Å². The number of nitrogens with one attached hydrogen (secondary N) is 2. The van der Waals surface area contributed by atoms with Crippen molar-refractivity contribution in [3.05, 3.63) is 58.1 Å². The molecule has 1 heterocycles. The maximum atomic E-state index is 13.4. The summed E-state index contributed by atoms with van der Waals surface area (Å²) in [7, 11) is 0. The van der Waals surface area contributed by atoms with Crippen LogP contribution >= 0.6 is 11.3 Å². The van der Waals surface area contributed by atoms with E-state index in [4.69, 9.17) is 0 Å². The van der Waals surface area contributed by atoms with Gasteiger partial charge in [-0.05, 0) is 29.7 Å². The van der Waals surface area contributed by atoms with Crippen molar-refractivity contribution in [2.24, 2.45) is 0 Å². The second kappa shape index (κ2) is 7.59. The highest BCUT2D eigenvalue weighted by Crippen LogP contribution is 2.19. The molecule has 0 bridgehead atoms. The first kappa shape index (κ1) is 16.8. The van der Waals surface area contributed by atoms with Crippen LogP contribution in [0, 0.1) is 17.5 Å². The Kier molecular flexibility index (Phi) is 5.53. The maximum Gasteiger partial charge on any atom is 0.244 e. The van der Waals surface area contributed by atoms with Gasteiger partial charge in [-0.1, -0.05) is 6.07 Å². The Hall–Kier alpha value is -2.61. The molecule has 0 saturated heterocycles. The third kappa shape index (κ3) is 4.68. The van der Waals surface area contributed by atoms with Gasteiger partial charge in [0.1, 0.15) is 0 Å². The van der Waals surface area contributed by atoms with E-state index in [1.54, 1.807) is 6.08 Å². The first-order valence-electron chi connectivity index (χ1n) is 6.40. The van der Waals surface area contributed by atoms with Gasteiger partial charge in [-0.2, -0.15) is 0 Å². The molecule has 0 atom stereocenters. The number of rotatable bonds is 5. The Morgan fingerprint density at radius 3 is 2.61 bits per heavy atom. The van der Waals surface area contributed by atoms with E-state index >= 15 is 0 Å². The second-order valence-electron chi connectivity index (χ2n) is 4.34. The van der Waals surface area contributed by atoms with Crippen molar-refractivity contribution < 1.29 is 22.8 Å². The number of carbonyl (C=O) groups is 2. The maximum absolute atomic E-state index is 13.4. The Morgan fingerprint density at radius 1 is 1.13 bits per heavy atom. The van der Waals surface area contributed by atoms with Crippen LogP contribution in [0.3, 0.4) is 0 Å². The molecule has 2 amide bonds. The summed E-state index contributed by atoms with van der Waals surface area (Å²) in [5, 5.41) is 6.18. The van der Waals surface area contributed by atoms with Crippen molar-refractivity contribution in [2.45, 2.75) is 0 Å². The van der Waals surface area contributed by atoms with E-state index in [2.05, 4.69) is 5.32 Å². The number of thiophene rings is 1. The number of halogens is 3. The van der Waals surface area contributed by atoms with E-state index in [-0.39, 0.29) is 0 Å². The lowest BCUT2D eigenvalue weighted by Gasteiger charge is -2.07. The van der Waals surface area contributed by atoms with E-state index in [9.17, 15) is 22.8 Å². The molecule has 2 aromatic rings. The fourth-order valence-corrected chi connectivity index (χ4v) is 2.21. The van der Waals surface area contributed by atoms with Crippen LogP contribution < -0.4 is 10.6 Å². The van der Waals surface area contributed by atoms with Crippen molar-refractivity contribution in [3.63, 3.8) is 0 Å². The van der Waals surface area contributed by atoms with Gasteiger partial charge in [0.15, 0.2) is 17.5 Å². The summed E-state index contributed by atoms with van der Waals surface area (Å²) in [6, 6.07) is 5.22. The molecule has 2 N–H and O–H groups in total. The van der Waals surface area contributed by atoms with Gasteiger partial charge in [-0.3, -0.25) is 9.59 Å². The minimum atomic E-state index is -1.68. The summed E-state index contributed by atoms with van der Waals surface area (Å²) in [6.45, 7) is -0.438. The molecule has 0 fully saturated rings. The lowest BCUT2D eigenvalue weighted by atomic mass is 10.2. The number of anilines is 1. The molecule has 23 heavy (non-hydrogen) atoms. The van der Waals surface area contributed by atoms with Crippen molar-refractivity contribution in [1.82, 2.24) is 5.32 Å². The molecular weight excluding hydrogens is 329 g/mol. The van der Waals surface area contributed by atoms with Crippen molar-refractivity contribution in [3.8, 4) is 0 Å². The first-order valence-corrected chi connectivity index (χ1v) is 7.28. The SMILES string of the molecule is O=C(/C=C/c1cccs1)NCC(=O)Nc1ccc(F)c(F)c1F. The molecule has 4 nitrogen and oxygen atoms in total. The number of amides is 2. The van der Waals surface area contributed by atoms with Gasteiger partial charge in [-0.25, -0.2) is 13.2 Å². The Balaban J connectivity index is 1.86. The van der Waals surface area contributed by atoms with Gasteiger partial charge in [0.05, 0.1) is 12.2 Å². The zero-order chi connectivity index (χ0) is 16.8. The Bertz CT molecular complexity index is 745. The van der Waals surface area contributed by atoms with E-state index in [1.807, 2.05) is 22.8 Å². The lowest BCUT2D eigenvalue weighted by molar-refractivity contribution is -0.121. The fraction of sp³-hybridized carbons (Fsp3) is 0.0667. The molecule has 0 aliphatic heterocycles. The Labute approximate surface area is 133 Å². The van der Waals surface area contributed by atoms with E-state index in [1.165, 1.54) is 17.4 Å². The summed E-state index contributed by atoms with van der Waals surface area (Å²) in [5.74, 6) is -5.81.